The van der Waals surface area contributed by atoms with Crippen molar-refractivity contribution in [3.63, 3.8) is 0 Å². The molecule has 0 aromatic carbocycles. The van der Waals surface area contributed by atoms with Crippen LogP contribution in [0.2, 0.25) is 0 Å². The van der Waals surface area contributed by atoms with Crippen LogP contribution in [-0.2, 0) is 11.2 Å². The molecule has 0 saturated carbocycles. The average Bonchev–Trinajstić information content (AvgIpc) is 3.03. The highest BCUT2D eigenvalue weighted by Gasteiger charge is 2.19. The molecule has 0 aliphatic carbocycles. The predicted molar refractivity (Wildman–Crippen MR) is 112 cm³/mol. The van der Waals surface area contributed by atoms with Crippen molar-refractivity contribution in [3.05, 3.63) is 39.4 Å². The molecule has 1 aromatic rings. The molecule has 27 heavy (non-hydrogen) atoms. The van der Waals surface area contributed by atoms with Crippen LogP contribution in [0.15, 0.2) is 21.8 Å². The number of nitrogens with one attached hydrogen (secondary N) is 1. The molecule has 1 aliphatic heterocycles. The van der Waals surface area contributed by atoms with E-state index in [0.717, 1.165) is 60.0 Å². The first-order chi connectivity index (χ1) is 12.8. The fourth-order valence-corrected chi connectivity index (χ4v) is 3.78. The van der Waals surface area contributed by atoms with Crippen LogP contribution in [0, 0.1) is 13.8 Å². The number of aryl methyl sites for hydroxylation is 1. The molecule has 2 rings (SSSR count). The van der Waals surface area contributed by atoms with Crippen molar-refractivity contribution in [1.29, 1.82) is 0 Å². The van der Waals surface area contributed by atoms with Gasteiger partial charge in [-0.2, -0.15) is 0 Å². The number of carboxylic acids is 1. The number of allylic oxidation sites excluding steroid dienone is 1. The maximum Gasteiger partial charge on any atom is 0.303 e. The van der Waals surface area contributed by atoms with Gasteiger partial charge in [-0.15, -0.1) is 0 Å². The number of aromatic amines is 1. The van der Waals surface area contributed by atoms with E-state index in [9.17, 15) is 4.79 Å². The fraction of sp³-hybridized carbons (Fsp3) is 0.545. The van der Waals surface area contributed by atoms with Gasteiger partial charge in [-0.25, -0.2) is 0 Å². The lowest BCUT2D eigenvalue weighted by atomic mass is 10.0. The summed E-state index contributed by atoms with van der Waals surface area (Å²) >= 11 is 0. The molecule has 148 valence electrons. The summed E-state index contributed by atoms with van der Waals surface area (Å²) in [6.45, 7) is 15.9. The van der Waals surface area contributed by atoms with Crippen LogP contribution in [0.5, 0.6) is 0 Å². The Morgan fingerprint density at radius 1 is 1.15 bits per heavy atom. The quantitative estimate of drug-likeness (QED) is 0.671. The second-order valence-electron chi connectivity index (χ2n) is 7.27. The van der Waals surface area contributed by atoms with Crippen molar-refractivity contribution >= 4 is 17.8 Å². The Hall–Kier alpha value is -2.14. The zero-order valence-electron chi connectivity index (χ0n) is 17.6. The van der Waals surface area contributed by atoms with Crippen LogP contribution in [0.4, 0.5) is 0 Å². The summed E-state index contributed by atoms with van der Waals surface area (Å²) in [6, 6.07) is 0. The number of aromatic nitrogens is 1. The standard InChI is InChI=1S/C22H33N3O2/c1-7-25(8-2)12-11-19-15(4)21(24-17(19)6)13-20-14(3)18(16(5)23-20)9-10-22(26)27/h13,23H,7-12H2,1-6H3,(H,26,27)/b21-13+. The zero-order chi connectivity index (χ0) is 20.1. The Balaban J connectivity index is 2.24. The van der Waals surface area contributed by atoms with Crippen LogP contribution < -0.4 is 0 Å². The molecule has 0 atom stereocenters. The summed E-state index contributed by atoms with van der Waals surface area (Å²) in [5.41, 5.74) is 9.02. The van der Waals surface area contributed by atoms with Gasteiger partial charge in [0.15, 0.2) is 0 Å². The number of nitrogens with zero attached hydrogens (tertiary/aromatic N) is 2. The molecule has 2 heterocycles. The summed E-state index contributed by atoms with van der Waals surface area (Å²) < 4.78 is 0. The monoisotopic (exact) mass is 371 g/mol. The number of carboxylic acid groups (broad SMARTS) is 1. The minimum absolute atomic E-state index is 0.154. The number of carbonyl (C=O) groups is 1. The number of aliphatic carboxylic acids is 1. The van der Waals surface area contributed by atoms with Crippen LogP contribution in [-0.4, -0.2) is 46.3 Å². The van der Waals surface area contributed by atoms with Crippen molar-refractivity contribution < 1.29 is 9.90 Å². The van der Waals surface area contributed by atoms with E-state index < -0.39 is 5.97 Å². The SMILES string of the molecule is CCN(CC)CCC1=C(C)/C(=C\c2[nH]c(C)c(CCC(=O)O)c2C)N=C1C. The van der Waals surface area contributed by atoms with Gasteiger partial charge in [-0.1, -0.05) is 13.8 Å². The first kappa shape index (κ1) is 21.2. The lowest BCUT2D eigenvalue weighted by Gasteiger charge is -2.18. The predicted octanol–water partition coefficient (Wildman–Crippen LogP) is 4.51. The lowest BCUT2D eigenvalue weighted by molar-refractivity contribution is -0.136. The normalized spacial score (nSPS) is 16.0. The molecule has 0 bridgehead atoms. The second kappa shape index (κ2) is 9.18. The number of H-pyrrole nitrogens is 1. The third-order valence-electron chi connectivity index (χ3n) is 5.64. The van der Waals surface area contributed by atoms with Crippen LogP contribution >= 0.6 is 0 Å². The van der Waals surface area contributed by atoms with Crippen molar-refractivity contribution in [1.82, 2.24) is 9.88 Å². The third kappa shape index (κ3) is 4.98. The first-order valence-corrected chi connectivity index (χ1v) is 9.88. The van der Waals surface area contributed by atoms with Crippen molar-refractivity contribution in [2.75, 3.05) is 19.6 Å². The van der Waals surface area contributed by atoms with E-state index in [1.165, 1.54) is 11.1 Å². The van der Waals surface area contributed by atoms with Gasteiger partial charge in [0.1, 0.15) is 0 Å². The molecular formula is C22H33N3O2. The summed E-state index contributed by atoms with van der Waals surface area (Å²) in [5.74, 6) is -0.762. The molecule has 2 N–H and O–H groups in total. The van der Waals surface area contributed by atoms with E-state index in [-0.39, 0.29) is 6.42 Å². The lowest BCUT2D eigenvalue weighted by Crippen LogP contribution is -2.24. The largest absolute Gasteiger partial charge is 0.481 e. The Bertz CT molecular complexity index is 793. The Morgan fingerprint density at radius 3 is 2.41 bits per heavy atom. The smallest absolute Gasteiger partial charge is 0.303 e. The van der Waals surface area contributed by atoms with E-state index in [2.05, 4.69) is 50.6 Å². The molecule has 0 spiro atoms. The summed E-state index contributed by atoms with van der Waals surface area (Å²) in [6.07, 6.45) is 3.84. The van der Waals surface area contributed by atoms with E-state index >= 15 is 0 Å². The van der Waals surface area contributed by atoms with Gasteiger partial charge in [-0.3, -0.25) is 9.79 Å². The molecular weight excluding hydrogens is 338 g/mol. The topological polar surface area (TPSA) is 68.7 Å². The Morgan fingerprint density at radius 2 is 1.81 bits per heavy atom. The van der Waals surface area contributed by atoms with Crippen molar-refractivity contribution in [2.24, 2.45) is 4.99 Å². The van der Waals surface area contributed by atoms with Gasteiger partial charge in [-0.05, 0) is 82.0 Å². The number of hydrogen-bond acceptors (Lipinski definition) is 3. The molecule has 0 fully saturated rings. The van der Waals surface area contributed by atoms with E-state index in [0.29, 0.717) is 6.42 Å². The van der Waals surface area contributed by atoms with E-state index in [4.69, 9.17) is 10.1 Å². The third-order valence-corrected chi connectivity index (χ3v) is 5.64. The van der Waals surface area contributed by atoms with Gasteiger partial charge in [0.2, 0.25) is 0 Å². The van der Waals surface area contributed by atoms with Gasteiger partial charge in [0.25, 0.3) is 0 Å². The number of aliphatic imine (C=N–C) groups is 1. The van der Waals surface area contributed by atoms with Crippen molar-refractivity contribution in [2.45, 2.75) is 60.8 Å². The Kier molecular flexibility index (Phi) is 7.19. The second-order valence-corrected chi connectivity index (χ2v) is 7.27. The Labute approximate surface area is 162 Å². The van der Waals surface area contributed by atoms with Crippen LogP contribution in [0.1, 0.15) is 63.1 Å². The van der Waals surface area contributed by atoms with Crippen LogP contribution in [0.3, 0.4) is 0 Å². The summed E-state index contributed by atoms with van der Waals surface area (Å²) in [7, 11) is 0. The molecule has 5 heteroatoms. The minimum atomic E-state index is -0.762. The number of rotatable bonds is 9. The molecule has 5 nitrogen and oxygen atoms in total. The minimum Gasteiger partial charge on any atom is -0.481 e. The van der Waals surface area contributed by atoms with E-state index in [1.807, 2.05) is 6.92 Å². The molecule has 1 aliphatic rings. The first-order valence-electron chi connectivity index (χ1n) is 9.88. The molecule has 1 aromatic heterocycles. The van der Waals surface area contributed by atoms with Gasteiger partial charge >= 0.3 is 5.97 Å². The van der Waals surface area contributed by atoms with Crippen LogP contribution in [0.25, 0.3) is 6.08 Å². The number of hydrogen-bond donors (Lipinski definition) is 2. The van der Waals surface area contributed by atoms with Gasteiger partial charge < -0.3 is 15.0 Å². The maximum absolute atomic E-state index is 10.9. The average molecular weight is 372 g/mol. The zero-order valence-corrected chi connectivity index (χ0v) is 17.6. The summed E-state index contributed by atoms with van der Waals surface area (Å²) in [5, 5.41) is 8.96. The maximum atomic E-state index is 10.9. The highest BCUT2D eigenvalue weighted by atomic mass is 16.4. The van der Waals surface area contributed by atoms with Gasteiger partial charge in [0, 0.05) is 30.1 Å². The molecule has 0 radical (unpaired) electrons. The molecule has 0 unspecified atom stereocenters. The van der Waals surface area contributed by atoms with Gasteiger partial charge in [0.05, 0.1) is 5.70 Å². The van der Waals surface area contributed by atoms with Crippen molar-refractivity contribution in [3.8, 4) is 0 Å². The highest BCUT2D eigenvalue weighted by Crippen LogP contribution is 2.30. The fourth-order valence-electron chi connectivity index (χ4n) is 3.78. The molecule has 0 saturated heterocycles. The highest BCUT2D eigenvalue weighted by molar-refractivity contribution is 6.03. The summed E-state index contributed by atoms with van der Waals surface area (Å²) in [4.78, 5) is 21.5. The molecule has 0 amide bonds. The van der Waals surface area contributed by atoms with E-state index in [1.54, 1.807) is 0 Å².